The van der Waals surface area contributed by atoms with E-state index in [-0.39, 0.29) is 11.6 Å². The smallest absolute Gasteiger partial charge is 0.308 e. The van der Waals surface area contributed by atoms with Crippen molar-refractivity contribution >= 4 is 11.5 Å². The van der Waals surface area contributed by atoms with Gasteiger partial charge >= 0.3 is 11.9 Å². The SMILES string of the molecule is NNc1ccc([N+](=O)[O-])c(-n2ccc(C(F)(F)F)n2)n1. The van der Waals surface area contributed by atoms with Crippen molar-refractivity contribution in [3.05, 3.63) is 40.2 Å². The maximum atomic E-state index is 12.5. The fourth-order valence-electron chi connectivity index (χ4n) is 1.43. The first-order chi connectivity index (χ1) is 9.32. The van der Waals surface area contributed by atoms with Crippen molar-refractivity contribution in [2.45, 2.75) is 6.18 Å². The van der Waals surface area contributed by atoms with E-state index >= 15 is 0 Å². The molecule has 0 unspecified atom stereocenters. The van der Waals surface area contributed by atoms with Crippen LogP contribution in [0.15, 0.2) is 24.4 Å². The Balaban J connectivity index is 2.55. The van der Waals surface area contributed by atoms with Gasteiger partial charge in [0.15, 0.2) is 5.69 Å². The van der Waals surface area contributed by atoms with Gasteiger partial charge in [0.25, 0.3) is 0 Å². The number of hydrazine groups is 1. The Labute approximate surface area is 109 Å². The molecule has 0 radical (unpaired) electrons. The van der Waals surface area contributed by atoms with Crippen molar-refractivity contribution in [3.8, 4) is 5.82 Å². The van der Waals surface area contributed by atoms with Crippen LogP contribution in [0.25, 0.3) is 5.82 Å². The van der Waals surface area contributed by atoms with E-state index in [9.17, 15) is 23.3 Å². The van der Waals surface area contributed by atoms with Crippen molar-refractivity contribution in [2.24, 2.45) is 5.84 Å². The lowest BCUT2D eigenvalue weighted by Gasteiger charge is -2.05. The normalized spacial score (nSPS) is 11.4. The Morgan fingerprint density at radius 2 is 2.05 bits per heavy atom. The van der Waals surface area contributed by atoms with Gasteiger partial charge in [-0.2, -0.15) is 18.3 Å². The second kappa shape index (κ2) is 4.77. The Kier molecular flexibility index (Phi) is 3.28. The molecule has 0 bridgehead atoms. The second-order valence-corrected chi connectivity index (χ2v) is 3.58. The van der Waals surface area contributed by atoms with E-state index < -0.39 is 22.5 Å². The molecule has 0 amide bonds. The molecule has 0 spiro atoms. The molecule has 2 heterocycles. The third-order valence-electron chi connectivity index (χ3n) is 2.30. The number of pyridine rings is 1. The molecular weight excluding hydrogens is 281 g/mol. The Morgan fingerprint density at radius 3 is 2.55 bits per heavy atom. The summed E-state index contributed by atoms with van der Waals surface area (Å²) in [4.78, 5) is 13.8. The van der Waals surface area contributed by atoms with E-state index in [2.05, 4.69) is 15.5 Å². The first-order valence-corrected chi connectivity index (χ1v) is 5.08. The van der Waals surface area contributed by atoms with Gasteiger partial charge < -0.3 is 5.43 Å². The van der Waals surface area contributed by atoms with Gasteiger partial charge in [0.05, 0.1) is 4.92 Å². The second-order valence-electron chi connectivity index (χ2n) is 3.58. The number of hydrogen-bond donors (Lipinski definition) is 2. The maximum Gasteiger partial charge on any atom is 0.435 e. The van der Waals surface area contributed by atoms with Crippen molar-refractivity contribution < 1.29 is 18.1 Å². The number of nitrogens with two attached hydrogens (primary N) is 1. The average Bonchev–Trinajstić information content (AvgIpc) is 2.87. The lowest BCUT2D eigenvalue weighted by molar-refractivity contribution is -0.384. The van der Waals surface area contributed by atoms with Crippen molar-refractivity contribution in [2.75, 3.05) is 5.43 Å². The third kappa shape index (κ3) is 2.51. The summed E-state index contributed by atoms with van der Waals surface area (Å²) in [6.45, 7) is 0. The van der Waals surface area contributed by atoms with Gasteiger partial charge in [0.1, 0.15) is 5.82 Å². The molecular formula is C9H7F3N6O2. The molecule has 8 nitrogen and oxygen atoms in total. The van der Waals surface area contributed by atoms with E-state index in [0.717, 1.165) is 12.3 Å². The number of hydrogen-bond acceptors (Lipinski definition) is 6. The first-order valence-electron chi connectivity index (χ1n) is 5.08. The molecule has 0 saturated heterocycles. The average molecular weight is 288 g/mol. The maximum absolute atomic E-state index is 12.5. The molecule has 2 aromatic rings. The standard InChI is InChI=1S/C9H7F3N6O2/c10-9(11,12)6-3-4-17(16-6)8-5(18(19)20)1-2-7(14-8)15-13/h1-4H,13H2,(H,14,15). The quantitative estimate of drug-likeness (QED) is 0.502. The summed E-state index contributed by atoms with van der Waals surface area (Å²) in [5, 5.41) is 14.1. The van der Waals surface area contributed by atoms with Gasteiger partial charge in [0.2, 0.25) is 5.82 Å². The monoisotopic (exact) mass is 288 g/mol. The molecule has 0 aromatic carbocycles. The van der Waals surface area contributed by atoms with Crippen LogP contribution in [-0.4, -0.2) is 19.7 Å². The van der Waals surface area contributed by atoms with Crippen LogP contribution in [0.4, 0.5) is 24.7 Å². The van der Waals surface area contributed by atoms with E-state index in [0.29, 0.717) is 10.7 Å². The summed E-state index contributed by atoms with van der Waals surface area (Å²) >= 11 is 0. The highest BCUT2D eigenvalue weighted by molar-refractivity contribution is 5.52. The lowest BCUT2D eigenvalue weighted by atomic mass is 10.4. The molecule has 106 valence electrons. The minimum absolute atomic E-state index is 0.0506. The minimum Gasteiger partial charge on any atom is -0.308 e. The molecule has 2 aromatic heterocycles. The van der Waals surface area contributed by atoms with Crippen LogP contribution in [0.3, 0.4) is 0 Å². The number of nitrogens with zero attached hydrogens (tertiary/aromatic N) is 4. The molecule has 2 rings (SSSR count). The Bertz CT molecular complexity index is 653. The summed E-state index contributed by atoms with van der Waals surface area (Å²) in [7, 11) is 0. The van der Waals surface area contributed by atoms with E-state index in [1.54, 1.807) is 0 Å². The number of nitrogen functional groups attached to an aromatic ring is 1. The van der Waals surface area contributed by atoms with Crippen LogP contribution in [0.5, 0.6) is 0 Å². The van der Waals surface area contributed by atoms with Gasteiger partial charge in [0, 0.05) is 12.3 Å². The van der Waals surface area contributed by atoms with Crippen molar-refractivity contribution in [1.29, 1.82) is 0 Å². The molecule has 0 fully saturated rings. The fourth-order valence-corrected chi connectivity index (χ4v) is 1.43. The molecule has 0 aliphatic carbocycles. The van der Waals surface area contributed by atoms with Crippen molar-refractivity contribution in [1.82, 2.24) is 14.8 Å². The number of nitro groups is 1. The van der Waals surface area contributed by atoms with Crippen LogP contribution in [0, 0.1) is 10.1 Å². The fraction of sp³-hybridized carbons (Fsp3) is 0.111. The van der Waals surface area contributed by atoms with Crippen LogP contribution in [0.2, 0.25) is 0 Å². The van der Waals surface area contributed by atoms with Gasteiger partial charge in [-0.05, 0) is 12.1 Å². The molecule has 0 atom stereocenters. The summed E-state index contributed by atoms with van der Waals surface area (Å²) < 4.78 is 38.0. The number of rotatable bonds is 3. The summed E-state index contributed by atoms with van der Waals surface area (Å²) in [6.07, 6.45) is -3.72. The van der Waals surface area contributed by atoms with E-state index in [4.69, 9.17) is 5.84 Å². The Hall–Kier alpha value is -2.69. The first kappa shape index (κ1) is 13.7. The summed E-state index contributed by atoms with van der Waals surface area (Å²) in [6, 6.07) is 2.97. The van der Waals surface area contributed by atoms with Crippen LogP contribution < -0.4 is 11.3 Å². The highest BCUT2D eigenvalue weighted by Crippen LogP contribution is 2.29. The molecule has 0 aliphatic rings. The molecule has 3 N–H and O–H groups in total. The number of alkyl halides is 3. The summed E-state index contributed by atoms with van der Waals surface area (Å²) in [5.74, 6) is 4.78. The van der Waals surface area contributed by atoms with Gasteiger partial charge in [-0.15, -0.1) is 0 Å². The predicted molar refractivity (Wildman–Crippen MR) is 60.8 cm³/mol. The largest absolute Gasteiger partial charge is 0.435 e. The number of nitrogens with one attached hydrogen (secondary N) is 1. The zero-order chi connectivity index (χ0) is 14.9. The third-order valence-corrected chi connectivity index (χ3v) is 2.30. The topological polar surface area (TPSA) is 112 Å². The zero-order valence-corrected chi connectivity index (χ0v) is 9.63. The molecule has 0 aliphatic heterocycles. The minimum atomic E-state index is -4.65. The number of aromatic nitrogens is 3. The number of halogens is 3. The highest BCUT2D eigenvalue weighted by atomic mass is 19.4. The van der Waals surface area contributed by atoms with Gasteiger partial charge in [-0.25, -0.2) is 15.5 Å². The number of anilines is 1. The lowest BCUT2D eigenvalue weighted by Crippen LogP contribution is -2.12. The molecule has 11 heteroatoms. The Morgan fingerprint density at radius 1 is 1.35 bits per heavy atom. The van der Waals surface area contributed by atoms with E-state index in [1.807, 2.05) is 0 Å². The van der Waals surface area contributed by atoms with Crippen LogP contribution >= 0.6 is 0 Å². The predicted octanol–water partition coefficient (Wildman–Crippen LogP) is 1.48. The van der Waals surface area contributed by atoms with Crippen molar-refractivity contribution in [3.63, 3.8) is 0 Å². The van der Waals surface area contributed by atoms with Gasteiger partial charge in [-0.1, -0.05) is 0 Å². The van der Waals surface area contributed by atoms with Crippen LogP contribution in [-0.2, 0) is 6.18 Å². The molecule has 0 saturated carbocycles. The molecule has 20 heavy (non-hydrogen) atoms. The van der Waals surface area contributed by atoms with E-state index in [1.165, 1.54) is 6.07 Å². The van der Waals surface area contributed by atoms with Gasteiger partial charge in [-0.3, -0.25) is 10.1 Å². The summed E-state index contributed by atoms with van der Waals surface area (Å²) in [5.41, 5.74) is 0.463. The van der Waals surface area contributed by atoms with Crippen LogP contribution in [0.1, 0.15) is 5.69 Å². The zero-order valence-electron chi connectivity index (χ0n) is 9.63. The highest BCUT2D eigenvalue weighted by Gasteiger charge is 2.34.